The fourth-order valence-electron chi connectivity index (χ4n) is 2.10. The summed E-state index contributed by atoms with van der Waals surface area (Å²) >= 11 is 0. The van der Waals surface area contributed by atoms with Crippen molar-refractivity contribution in [2.45, 2.75) is 39.8 Å². The Morgan fingerprint density at radius 2 is 2.09 bits per heavy atom. The van der Waals surface area contributed by atoms with Crippen LogP contribution < -0.4 is 15.6 Å². The molecule has 1 aromatic heterocycles. The monoisotopic (exact) mass is 301 g/mol. The number of nitrogens with one attached hydrogen (secondary N) is 2. The van der Waals surface area contributed by atoms with Gasteiger partial charge in [-0.2, -0.15) is 5.10 Å². The largest absolute Gasteiger partial charge is 0.493 e. The third kappa shape index (κ3) is 3.95. The van der Waals surface area contributed by atoms with E-state index in [0.29, 0.717) is 30.5 Å². The Morgan fingerprint density at radius 3 is 2.82 bits per heavy atom. The summed E-state index contributed by atoms with van der Waals surface area (Å²) in [5, 5.41) is 10.1. The fraction of sp³-hybridized carbons (Fsp3) is 0.412. The standard InChI is InChI=1S/C17H23N3O2/c1-4-12(3)18-11-13-10-15(19-20-17(13)21)14-8-6-7-9-16(14)22-5-2/h6-10,12,18H,4-5,11H2,1-3H3,(H,20,21). The number of aromatic amines is 1. The van der Waals surface area contributed by atoms with Gasteiger partial charge < -0.3 is 10.1 Å². The lowest BCUT2D eigenvalue weighted by molar-refractivity contribution is 0.341. The Kier molecular flexibility index (Phi) is 5.72. The zero-order chi connectivity index (χ0) is 15.9. The number of aromatic nitrogens is 2. The minimum Gasteiger partial charge on any atom is -0.493 e. The Morgan fingerprint density at radius 1 is 1.32 bits per heavy atom. The molecule has 0 bridgehead atoms. The average Bonchev–Trinajstić information content (AvgIpc) is 2.54. The highest BCUT2D eigenvalue weighted by Gasteiger charge is 2.10. The molecule has 0 amide bonds. The highest BCUT2D eigenvalue weighted by molar-refractivity contribution is 5.67. The molecule has 2 N–H and O–H groups in total. The van der Waals surface area contributed by atoms with Gasteiger partial charge in [0.2, 0.25) is 0 Å². The minimum absolute atomic E-state index is 0.159. The average molecular weight is 301 g/mol. The Hall–Kier alpha value is -2.14. The summed E-state index contributed by atoms with van der Waals surface area (Å²) in [4.78, 5) is 11.9. The zero-order valence-electron chi connectivity index (χ0n) is 13.3. The topological polar surface area (TPSA) is 67.0 Å². The molecule has 2 rings (SSSR count). The molecule has 0 aliphatic rings. The number of para-hydroxylation sites is 1. The molecule has 0 saturated carbocycles. The Bertz CT molecular complexity index is 667. The quantitative estimate of drug-likeness (QED) is 0.825. The van der Waals surface area contributed by atoms with E-state index >= 15 is 0 Å². The van der Waals surface area contributed by atoms with Gasteiger partial charge >= 0.3 is 0 Å². The molecule has 0 spiro atoms. The minimum atomic E-state index is -0.159. The van der Waals surface area contributed by atoms with Gasteiger partial charge in [0.1, 0.15) is 5.75 Å². The molecule has 2 aromatic rings. The van der Waals surface area contributed by atoms with Crippen LogP contribution >= 0.6 is 0 Å². The molecular formula is C17H23N3O2. The number of nitrogens with zero attached hydrogens (tertiary/aromatic N) is 1. The van der Waals surface area contributed by atoms with Gasteiger partial charge in [-0.25, -0.2) is 5.10 Å². The summed E-state index contributed by atoms with van der Waals surface area (Å²) < 4.78 is 5.63. The zero-order valence-corrected chi connectivity index (χ0v) is 13.3. The van der Waals surface area contributed by atoms with Crippen LogP contribution in [0, 0.1) is 0 Å². The van der Waals surface area contributed by atoms with E-state index in [0.717, 1.165) is 17.7 Å². The van der Waals surface area contributed by atoms with Crippen molar-refractivity contribution in [1.82, 2.24) is 15.5 Å². The highest BCUT2D eigenvalue weighted by Crippen LogP contribution is 2.27. The summed E-state index contributed by atoms with van der Waals surface area (Å²) in [5.74, 6) is 0.769. The van der Waals surface area contributed by atoms with Gasteiger partial charge in [0.05, 0.1) is 12.3 Å². The van der Waals surface area contributed by atoms with E-state index in [2.05, 4.69) is 29.4 Å². The predicted molar refractivity (Wildman–Crippen MR) is 88.1 cm³/mol. The third-order valence-corrected chi connectivity index (χ3v) is 3.60. The second kappa shape index (κ2) is 7.75. The van der Waals surface area contributed by atoms with Crippen LogP contribution in [0.4, 0.5) is 0 Å². The number of benzene rings is 1. The first-order valence-electron chi connectivity index (χ1n) is 7.69. The van der Waals surface area contributed by atoms with Gasteiger partial charge in [-0.05, 0) is 38.5 Å². The smallest absolute Gasteiger partial charge is 0.268 e. The van der Waals surface area contributed by atoms with Crippen molar-refractivity contribution in [3.63, 3.8) is 0 Å². The first-order valence-corrected chi connectivity index (χ1v) is 7.69. The van der Waals surface area contributed by atoms with Crippen molar-refractivity contribution in [3.8, 4) is 17.0 Å². The van der Waals surface area contributed by atoms with E-state index in [1.165, 1.54) is 0 Å². The van der Waals surface area contributed by atoms with Crippen molar-refractivity contribution in [2.75, 3.05) is 6.61 Å². The van der Waals surface area contributed by atoms with Crippen LogP contribution in [0.5, 0.6) is 5.75 Å². The van der Waals surface area contributed by atoms with E-state index < -0.39 is 0 Å². The lowest BCUT2D eigenvalue weighted by Gasteiger charge is -2.12. The van der Waals surface area contributed by atoms with Crippen molar-refractivity contribution in [1.29, 1.82) is 0 Å². The number of ether oxygens (including phenoxy) is 1. The molecule has 0 saturated heterocycles. The number of H-pyrrole nitrogens is 1. The normalized spacial score (nSPS) is 12.1. The van der Waals surface area contributed by atoms with E-state index in [9.17, 15) is 4.79 Å². The Balaban J connectivity index is 2.31. The first-order chi connectivity index (χ1) is 10.7. The van der Waals surface area contributed by atoms with Crippen LogP contribution in [0.1, 0.15) is 32.8 Å². The molecule has 1 aromatic carbocycles. The lowest BCUT2D eigenvalue weighted by atomic mass is 10.1. The second-order valence-electron chi connectivity index (χ2n) is 5.23. The van der Waals surface area contributed by atoms with Crippen LogP contribution in [-0.4, -0.2) is 22.8 Å². The molecule has 118 valence electrons. The maximum absolute atomic E-state index is 11.9. The van der Waals surface area contributed by atoms with E-state index in [1.54, 1.807) is 0 Å². The second-order valence-corrected chi connectivity index (χ2v) is 5.23. The summed E-state index contributed by atoms with van der Waals surface area (Å²) in [6, 6.07) is 9.89. The maximum atomic E-state index is 11.9. The summed E-state index contributed by atoms with van der Waals surface area (Å²) in [6.45, 7) is 7.26. The van der Waals surface area contributed by atoms with E-state index in [-0.39, 0.29) is 5.56 Å². The number of hydrogen-bond acceptors (Lipinski definition) is 4. The molecular weight excluding hydrogens is 278 g/mol. The highest BCUT2D eigenvalue weighted by atomic mass is 16.5. The number of hydrogen-bond donors (Lipinski definition) is 2. The van der Waals surface area contributed by atoms with Gasteiger partial charge in [0.25, 0.3) is 5.56 Å². The van der Waals surface area contributed by atoms with Crippen molar-refractivity contribution >= 4 is 0 Å². The summed E-state index contributed by atoms with van der Waals surface area (Å²) in [7, 11) is 0. The molecule has 5 heteroatoms. The molecule has 5 nitrogen and oxygen atoms in total. The van der Waals surface area contributed by atoms with Crippen molar-refractivity contribution < 1.29 is 4.74 Å². The predicted octanol–water partition coefficient (Wildman–Crippen LogP) is 2.72. The summed E-state index contributed by atoms with van der Waals surface area (Å²) in [6.07, 6.45) is 1.02. The summed E-state index contributed by atoms with van der Waals surface area (Å²) in [5.41, 5.74) is 2.11. The number of rotatable bonds is 7. The molecule has 1 unspecified atom stereocenters. The van der Waals surface area contributed by atoms with Crippen LogP contribution in [0.25, 0.3) is 11.3 Å². The van der Waals surface area contributed by atoms with Crippen molar-refractivity contribution in [3.05, 3.63) is 46.2 Å². The van der Waals surface area contributed by atoms with Crippen LogP contribution in [0.15, 0.2) is 35.1 Å². The molecule has 1 atom stereocenters. The third-order valence-electron chi connectivity index (χ3n) is 3.60. The van der Waals surface area contributed by atoms with Crippen molar-refractivity contribution in [2.24, 2.45) is 0 Å². The van der Waals surface area contributed by atoms with Crippen LogP contribution in [0.2, 0.25) is 0 Å². The van der Waals surface area contributed by atoms with Gasteiger partial charge in [-0.15, -0.1) is 0 Å². The molecule has 0 fully saturated rings. The van der Waals surface area contributed by atoms with Gasteiger partial charge in [-0.1, -0.05) is 19.1 Å². The van der Waals surface area contributed by atoms with E-state index in [4.69, 9.17) is 4.74 Å². The van der Waals surface area contributed by atoms with Crippen LogP contribution in [0.3, 0.4) is 0 Å². The van der Waals surface area contributed by atoms with E-state index in [1.807, 2.05) is 37.3 Å². The molecule has 22 heavy (non-hydrogen) atoms. The van der Waals surface area contributed by atoms with Gasteiger partial charge in [-0.3, -0.25) is 4.79 Å². The fourth-order valence-corrected chi connectivity index (χ4v) is 2.10. The van der Waals surface area contributed by atoms with Crippen LogP contribution in [-0.2, 0) is 6.54 Å². The first kappa shape index (κ1) is 16.2. The molecule has 0 aliphatic heterocycles. The SMILES string of the molecule is CCOc1ccccc1-c1cc(CNC(C)CC)c(=O)[nH]n1. The molecule has 0 aliphatic carbocycles. The molecule has 0 radical (unpaired) electrons. The Labute approximate surface area is 130 Å². The molecule has 1 heterocycles. The lowest BCUT2D eigenvalue weighted by Crippen LogP contribution is -2.28. The maximum Gasteiger partial charge on any atom is 0.268 e. The van der Waals surface area contributed by atoms with Gasteiger partial charge in [0, 0.05) is 23.7 Å². The van der Waals surface area contributed by atoms with Gasteiger partial charge in [0.15, 0.2) is 0 Å².